The zero-order valence-corrected chi connectivity index (χ0v) is 32.3. The highest BCUT2D eigenvalue weighted by Crippen LogP contribution is 2.52. The highest BCUT2D eigenvalue weighted by atomic mass is 32.2. The van der Waals surface area contributed by atoms with E-state index >= 15 is 0 Å². The van der Waals surface area contributed by atoms with Gasteiger partial charge < -0.3 is 24.6 Å². The van der Waals surface area contributed by atoms with Gasteiger partial charge in [0.05, 0.1) is 17.7 Å². The minimum atomic E-state index is -4.24. The molecule has 4 atom stereocenters. The number of rotatable bonds is 11. The predicted molar refractivity (Wildman–Crippen MR) is 182 cm³/mol. The molecule has 46 heavy (non-hydrogen) atoms. The van der Waals surface area contributed by atoms with Crippen molar-refractivity contribution in [2.75, 3.05) is 13.7 Å². The van der Waals surface area contributed by atoms with Crippen LogP contribution in [-0.2, 0) is 39.2 Å². The van der Waals surface area contributed by atoms with Gasteiger partial charge in [-0.2, -0.15) is 8.42 Å². The number of hydrogen-bond acceptors (Lipinski definition) is 10. The number of carbonyl (C=O) groups is 1. The van der Waals surface area contributed by atoms with Crippen LogP contribution in [0.1, 0.15) is 72.6 Å². The van der Waals surface area contributed by atoms with E-state index in [2.05, 4.69) is 39.2 Å². The highest BCUT2D eigenvalue weighted by molar-refractivity contribution is 7.90. The third kappa shape index (κ3) is 7.47. The van der Waals surface area contributed by atoms with Crippen LogP contribution in [-0.4, -0.2) is 71.6 Å². The summed E-state index contributed by atoms with van der Waals surface area (Å²) in [6.07, 6.45) is -0.931. The maximum absolute atomic E-state index is 14.1. The smallest absolute Gasteiger partial charge is 0.333 e. The second-order valence-electron chi connectivity index (χ2n) is 15.4. The summed E-state index contributed by atoms with van der Waals surface area (Å²) >= 11 is 0. The Morgan fingerprint density at radius 1 is 1.07 bits per heavy atom. The van der Waals surface area contributed by atoms with Crippen LogP contribution in [0, 0.1) is 6.92 Å². The second kappa shape index (κ2) is 13.1. The number of nitrogens with one attached hydrogen (secondary N) is 1. The predicted octanol–water partition coefficient (Wildman–Crippen LogP) is 3.44. The van der Waals surface area contributed by atoms with Crippen LogP contribution in [0.4, 0.5) is 0 Å². The van der Waals surface area contributed by atoms with Gasteiger partial charge in [-0.3, -0.25) is 18.7 Å². The van der Waals surface area contributed by atoms with Gasteiger partial charge in [-0.1, -0.05) is 41.5 Å². The fourth-order valence-corrected chi connectivity index (χ4v) is 8.54. The first-order valence-corrected chi connectivity index (χ1v) is 23.0. The summed E-state index contributed by atoms with van der Waals surface area (Å²) in [7, 11) is -7.79. The van der Waals surface area contributed by atoms with Gasteiger partial charge in [0, 0.05) is 31.8 Å². The Balaban J connectivity index is 2.22. The van der Waals surface area contributed by atoms with E-state index in [1.54, 1.807) is 14.0 Å². The molecule has 4 unspecified atom stereocenters. The Labute approximate surface area is 275 Å². The lowest BCUT2D eigenvalue weighted by Gasteiger charge is -2.43. The number of unbranched alkanes of at least 4 members (excludes halogenated alkanes) is 1. The number of hydrogen-bond donors (Lipinski definition) is 2. The minimum Gasteiger partial charge on any atom is -0.414 e. The number of carbonyl (C=O) groups excluding carboxylic acids is 1. The molecule has 1 spiro atoms. The van der Waals surface area contributed by atoms with Gasteiger partial charge in [-0.05, 0) is 56.0 Å². The van der Waals surface area contributed by atoms with Crippen LogP contribution in [0.15, 0.2) is 26.9 Å². The number of aryl methyl sites for hydroxylation is 1. The fraction of sp³-hybridized carbons (Fsp3) is 0.767. The largest absolute Gasteiger partial charge is 0.414 e. The maximum Gasteiger partial charge on any atom is 0.333 e. The fourth-order valence-electron chi connectivity index (χ4n) is 5.03. The van der Waals surface area contributed by atoms with E-state index in [1.807, 2.05) is 33.9 Å². The van der Waals surface area contributed by atoms with E-state index in [0.29, 0.717) is 12.8 Å². The summed E-state index contributed by atoms with van der Waals surface area (Å²) in [5, 5.41) is 2.95. The lowest BCUT2D eigenvalue weighted by atomic mass is 9.89. The van der Waals surface area contributed by atoms with Crippen molar-refractivity contribution in [2.24, 2.45) is 5.73 Å². The van der Waals surface area contributed by atoms with Crippen molar-refractivity contribution in [3.05, 3.63) is 43.7 Å². The number of amides is 1. The molecule has 13 nitrogen and oxygen atoms in total. The summed E-state index contributed by atoms with van der Waals surface area (Å²) in [5.41, 5.74) is 3.78. The summed E-state index contributed by atoms with van der Waals surface area (Å²) < 4.78 is 54.4. The molecule has 1 fully saturated rings. The molecule has 1 aromatic rings. The van der Waals surface area contributed by atoms with Gasteiger partial charge in [-0.25, -0.2) is 8.98 Å². The topological polar surface area (TPSA) is 170 Å². The van der Waals surface area contributed by atoms with Crippen LogP contribution < -0.4 is 22.3 Å². The lowest BCUT2D eigenvalue weighted by molar-refractivity contribution is -0.120. The first-order valence-electron chi connectivity index (χ1n) is 15.7. The van der Waals surface area contributed by atoms with Crippen molar-refractivity contribution < 1.29 is 31.0 Å². The molecule has 1 amide bonds. The Kier molecular flexibility index (Phi) is 10.9. The first-order chi connectivity index (χ1) is 20.8. The van der Waals surface area contributed by atoms with Crippen LogP contribution in [0.3, 0.4) is 0 Å². The van der Waals surface area contributed by atoms with Gasteiger partial charge in [0.15, 0.2) is 28.5 Å². The summed E-state index contributed by atoms with van der Waals surface area (Å²) in [4.78, 5) is 39.0. The Morgan fingerprint density at radius 3 is 2.15 bits per heavy atom. The summed E-state index contributed by atoms with van der Waals surface area (Å²) in [6.45, 7) is 22.1. The van der Waals surface area contributed by atoms with Crippen LogP contribution in [0.25, 0.3) is 0 Å². The Bertz CT molecular complexity index is 1570. The molecule has 0 bridgehead atoms. The molecule has 2 aliphatic rings. The molecule has 0 aromatic carbocycles. The molecule has 16 heteroatoms. The first kappa shape index (κ1) is 38.4. The number of ether oxygens (including phenoxy) is 1. The average molecular weight is 703 g/mol. The van der Waals surface area contributed by atoms with Gasteiger partial charge in [0.25, 0.3) is 15.7 Å². The number of nitrogens with two attached hydrogens (primary N) is 1. The van der Waals surface area contributed by atoms with Crippen LogP contribution >= 0.6 is 0 Å². The van der Waals surface area contributed by atoms with E-state index in [1.165, 1.54) is 10.8 Å². The standard InChI is InChI=1S/C30H54N4O9SSi2/c1-20-17-34(27(37)33(25(20)36)16-14-13-15-23(35)32-8)26-24(42-46(11,12)29(5,6)7)30(21(31)19-44(38,39)43-30)22(41-26)18-40-45(9,10)28(2,3)4/h17,19,22,24,26H,13-16,18,31H2,1-12H3,(H,32,35). The quantitative estimate of drug-likeness (QED) is 0.198. The van der Waals surface area contributed by atoms with Gasteiger partial charge in [0.1, 0.15) is 12.2 Å². The second-order valence-corrected chi connectivity index (χ2v) is 26.4. The van der Waals surface area contributed by atoms with Gasteiger partial charge in [-0.15, -0.1) is 0 Å². The monoisotopic (exact) mass is 702 g/mol. The minimum absolute atomic E-state index is 0.0682. The van der Waals surface area contributed by atoms with E-state index in [4.69, 9.17) is 23.5 Å². The maximum atomic E-state index is 14.1. The number of nitrogens with zero attached hydrogens (tertiary/aromatic N) is 2. The molecule has 1 saturated heterocycles. The molecule has 262 valence electrons. The third-order valence-corrected chi connectivity index (χ3v) is 20.0. The zero-order valence-electron chi connectivity index (χ0n) is 29.5. The van der Waals surface area contributed by atoms with E-state index in [0.717, 1.165) is 9.98 Å². The molecule has 0 saturated carbocycles. The van der Waals surface area contributed by atoms with E-state index in [-0.39, 0.29) is 46.8 Å². The molecule has 2 aliphatic heterocycles. The van der Waals surface area contributed by atoms with E-state index in [9.17, 15) is 22.8 Å². The molecule has 3 N–H and O–H groups in total. The molecule has 0 radical (unpaired) electrons. The molecule has 1 aromatic heterocycles. The summed E-state index contributed by atoms with van der Waals surface area (Å²) in [6, 6.07) is 0. The van der Waals surface area contributed by atoms with Gasteiger partial charge >= 0.3 is 5.69 Å². The van der Waals surface area contributed by atoms with Crippen molar-refractivity contribution >= 4 is 32.7 Å². The molecule has 3 rings (SSSR count). The van der Waals surface area contributed by atoms with Gasteiger partial charge in [0.2, 0.25) is 5.91 Å². The van der Waals surface area contributed by atoms with E-state index < -0.39 is 62.0 Å². The normalized spacial score (nSPS) is 25.2. The van der Waals surface area contributed by atoms with Crippen LogP contribution in [0.5, 0.6) is 0 Å². The molecular weight excluding hydrogens is 649 g/mol. The third-order valence-electron chi connectivity index (χ3n) is 10.0. The number of aromatic nitrogens is 2. The molecule has 0 aliphatic carbocycles. The summed E-state index contributed by atoms with van der Waals surface area (Å²) in [5.74, 6) is -0.132. The zero-order chi connectivity index (χ0) is 35.3. The SMILES string of the molecule is CNC(=O)CCCCn1c(=O)c(C)cn(C2OC(CO[Si](C)(C)C(C)(C)C)C3(OS(=O)(=O)C=C3N)C2O[Si](C)(C)C(C)(C)C)c1=O. The molecular formula is C30H54N4O9SSi2. The Hall–Kier alpha value is -2.09. The van der Waals surface area contributed by atoms with Crippen molar-refractivity contribution in [2.45, 2.75) is 135 Å². The Morgan fingerprint density at radius 2 is 1.65 bits per heavy atom. The highest BCUT2D eigenvalue weighted by Gasteiger charge is 2.67. The van der Waals surface area contributed by atoms with Crippen LogP contribution in [0.2, 0.25) is 36.3 Å². The van der Waals surface area contributed by atoms with Crippen molar-refractivity contribution in [1.82, 2.24) is 14.5 Å². The van der Waals surface area contributed by atoms with Crippen molar-refractivity contribution in [3.8, 4) is 0 Å². The molecule has 3 heterocycles. The average Bonchev–Trinajstić information content (AvgIpc) is 3.33. The van der Waals surface area contributed by atoms with Crippen molar-refractivity contribution in [1.29, 1.82) is 0 Å². The lowest BCUT2D eigenvalue weighted by Crippen LogP contribution is -2.59. The van der Waals surface area contributed by atoms with Crippen molar-refractivity contribution in [3.63, 3.8) is 0 Å².